The molecule has 1 unspecified atom stereocenters. The molecule has 1 aromatic rings. The number of imide groups is 1. The first kappa shape index (κ1) is 10.7. The fraction of sp³-hybridized carbons (Fsp3) is 0.273. The van der Waals surface area contributed by atoms with E-state index >= 15 is 0 Å². The molecule has 1 aliphatic heterocycles. The van der Waals surface area contributed by atoms with E-state index in [9.17, 15) is 18.4 Å². The Kier molecular flexibility index (Phi) is 2.68. The van der Waals surface area contributed by atoms with E-state index in [2.05, 4.69) is 5.32 Å². The highest BCUT2D eigenvalue weighted by atomic mass is 19.1. The third-order valence-corrected chi connectivity index (χ3v) is 2.59. The number of amides is 2. The van der Waals surface area contributed by atoms with Crippen LogP contribution in [0.15, 0.2) is 18.2 Å². The van der Waals surface area contributed by atoms with Crippen molar-refractivity contribution in [1.29, 1.82) is 0 Å². The molecule has 2 amide bonds. The SMILES string of the molecule is O=C1CCC(c2c(F)cccc2F)C(=O)N1. The maximum absolute atomic E-state index is 13.4. The minimum atomic E-state index is -0.918. The Bertz CT molecular complexity index is 439. The summed E-state index contributed by atoms with van der Waals surface area (Å²) in [6.45, 7) is 0. The third-order valence-electron chi connectivity index (χ3n) is 2.59. The Balaban J connectivity index is 2.37. The van der Waals surface area contributed by atoms with Crippen LogP contribution < -0.4 is 5.32 Å². The zero-order chi connectivity index (χ0) is 11.7. The molecule has 1 N–H and O–H groups in total. The smallest absolute Gasteiger partial charge is 0.234 e. The van der Waals surface area contributed by atoms with E-state index in [1.165, 1.54) is 6.07 Å². The Morgan fingerprint density at radius 3 is 2.38 bits per heavy atom. The monoisotopic (exact) mass is 225 g/mol. The largest absolute Gasteiger partial charge is 0.296 e. The van der Waals surface area contributed by atoms with E-state index in [-0.39, 0.29) is 18.4 Å². The van der Waals surface area contributed by atoms with Gasteiger partial charge in [0.05, 0.1) is 5.92 Å². The lowest BCUT2D eigenvalue weighted by molar-refractivity contribution is -0.134. The molecule has 1 atom stereocenters. The van der Waals surface area contributed by atoms with Gasteiger partial charge < -0.3 is 0 Å². The van der Waals surface area contributed by atoms with Crippen LogP contribution in [0, 0.1) is 11.6 Å². The summed E-state index contributed by atoms with van der Waals surface area (Å²) in [5.74, 6) is -3.47. The van der Waals surface area contributed by atoms with Crippen molar-refractivity contribution in [2.45, 2.75) is 18.8 Å². The number of nitrogens with one attached hydrogen (secondary N) is 1. The molecule has 1 saturated heterocycles. The molecule has 5 heteroatoms. The molecular formula is C11H9F2NO2. The average Bonchev–Trinajstić information content (AvgIpc) is 2.20. The molecule has 0 radical (unpaired) electrons. The molecule has 0 spiro atoms. The molecule has 0 saturated carbocycles. The van der Waals surface area contributed by atoms with Gasteiger partial charge in [-0.25, -0.2) is 8.78 Å². The van der Waals surface area contributed by atoms with Crippen molar-refractivity contribution in [3.8, 4) is 0 Å². The minimum absolute atomic E-state index is 0.101. The Labute approximate surface area is 90.5 Å². The summed E-state index contributed by atoms with van der Waals surface area (Å²) < 4.78 is 26.8. The number of rotatable bonds is 1. The maximum Gasteiger partial charge on any atom is 0.234 e. The molecule has 16 heavy (non-hydrogen) atoms. The van der Waals surface area contributed by atoms with Crippen LogP contribution in [-0.2, 0) is 9.59 Å². The quantitative estimate of drug-likeness (QED) is 0.736. The summed E-state index contributed by atoms with van der Waals surface area (Å²) in [5, 5.41) is 2.07. The van der Waals surface area contributed by atoms with Crippen LogP contribution in [0.25, 0.3) is 0 Å². The van der Waals surface area contributed by atoms with Crippen molar-refractivity contribution in [1.82, 2.24) is 5.32 Å². The van der Waals surface area contributed by atoms with Crippen LogP contribution in [0.5, 0.6) is 0 Å². The fourth-order valence-corrected chi connectivity index (χ4v) is 1.81. The van der Waals surface area contributed by atoms with Crippen LogP contribution in [0.3, 0.4) is 0 Å². The van der Waals surface area contributed by atoms with Gasteiger partial charge in [-0.3, -0.25) is 14.9 Å². The number of hydrogen-bond donors (Lipinski definition) is 1. The highest BCUT2D eigenvalue weighted by Crippen LogP contribution is 2.28. The lowest BCUT2D eigenvalue weighted by Gasteiger charge is -2.21. The third kappa shape index (κ3) is 1.80. The Hall–Kier alpha value is -1.78. The second-order valence-corrected chi connectivity index (χ2v) is 3.64. The zero-order valence-corrected chi connectivity index (χ0v) is 8.30. The van der Waals surface area contributed by atoms with Crippen molar-refractivity contribution in [2.75, 3.05) is 0 Å². The van der Waals surface area contributed by atoms with Crippen LogP contribution in [0.1, 0.15) is 24.3 Å². The lowest BCUT2D eigenvalue weighted by Crippen LogP contribution is -2.40. The van der Waals surface area contributed by atoms with E-state index in [1.54, 1.807) is 0 Å². The second kappa shape index (κ2) is 4.00. The van der Waals surface area contributed by atoms with E-state index in [0.29, 0.717) is 0 Å². The van der Waals surface area contributed by atoms with Gasteiger partial charge in [-0.2, -0.15) is 0 Å². The molecule has 1 fully saturated rings. The van der Waals surface area contributed by atoms with Gasteiger partial charge in [-0.15, -0.1) is 0 Å². The first-order chi connectivity index (χ1) is 7.59. The standard InChI is InChI=1S/C11H9F2NO2/c12-7-2-1-3-8(13)10(7)6-4-5-9(15)14-11(6)16/h1-3,6H,4-5H2,(H,14,15,16). The number of carbonyl (C=O) groups is 2. The summed E-state index contributed by atoms with van der Waals surface area (Å²) in [6, 6.07) is 3.43. The highest BCUT2D eigenvalue weighted by Gasteiger charge is 2.31. The van der Waals surface area contributed by atoms with Gasteiger partial charge in [0, 0.05) is 12.0 Å². The average molecular weight is 225 g/mol. The fourth-order valence-electron chi connectivity index (χ4n) is 1.81. The summed E-state index contributed by atoms with van der Waals surface area (Å²) in [6.07, 6.45) is 0.243. The van der Waals surface area contributed by atoms with Gasteiger partial charge in [0.1, 0.15) is 11.6 Å². The van der Waals surface area contributed by atoms with Gasteiger partial charge in [0.25, 0.3) is 0 Å². The normalized spacial score (nSPS) is 20.8. The maximum atomic E-state index is 13.4. The summed E-state index contributed by atoms with van der Waals surface area (Å²) in [7, 11) is 0. The van der Waals surface area contributed by atoms with E-state index in [1.807, 2.05) is 0 Å². The first-order valence-electron chi connectivity index (χ1n) is 4.87. The highest BCUT2D eigenvalue weighted by molar-refractivity contribution is 6.00. The lowest BCUT2D eigenvalue weighted by atomic mass is 9.90. The van der Waals surface area contributed by atoms with Crippen LogP contribution >= 0.6 is 0 Å². The molecule has 0 bridgehead atoms. The number of benzene rings is 1. The van der Waals surface area contributed by atoms with Gasteiger partial charge in [-0.1, -0.05) is 6.07 Å². The number of hydrogen-bond acceptors (Lipinski definition) is 2. The number of carbonyl (C=O) groups excluding carboxylic acids is 2. The molecule has 2 rings (SSSR count). The molecule has 84 valence electrons. The van der Waals surface area contributed by atoms with Gasteiger partial charge >= 0.3 is 0 Å². The van der Waals surface area contributed by atoms with Crippen molar-refractivity contribution in [2.24, 2.45) is 0 Å². The molecule has 1 aliphatic rings. The molecule has 0 aromatic heterocycles. The summed E-state index contributed by atoms with van der Waals surface area (Å²) in [4.78, 5) is 22.3. The molecule has 3 nitrogen and oxygen atoms in total. The van der Waals surface area contributed by atoms with E-state index in [4.69, 9.17) is 0 Å². The Morgan fingerprint density at radius 2 is 1.81 bits per heavy atom. The van der Waals surface area contributed by atoms with Crippen molar-refractivity contribution in [3.05, 3.63) is 35.4 Å². The minimum Gasteiger partial charge on any atom is -0.296 e. The number of halogens is 2. The van der Waals surface area contributed by atoms with Crippen LogP contribution in [0.2, 0.25) is 0 Å². The van der Waals surface area contributed by atoms with Gasteiger partial charge in [0.15, 0.2) is 0 Å². The van der Waals surface area contributed by atoms with Crippen molar-refractivity contribution >= 4 is 11.8 Å². The van der Waals surface area contributed by atoms with Crippen molar-refractivity contribution < 1.29 is 18.4 Å². The Morgan fingerprint density at radius 1 is 1.19 bits per heavy atom. The predicted molar refractivity (Wildman–Crippen MR) is 51.5 cm³/mol. The van der Waals surface area contributed by atoms with Gasteiger partial charge in [-0.05, 0) is 18.6 Å². The first-order valence-corrected chi connectivity index (χ1v) is 4.87. The van der Waals surface area contributed by atoms with Crippen LogP contribution in [0.4, 0.5) is 8.78 Å². The molecular weight excluding hydrogens is 216 g/mol. The second-order valence-electron chi connectivity index (χ2n) is 3.64. The summed E-state index contributed by atoms with van der Waals surface area (Å²) in [5.41, 5.74) is -0.257. The molecule has 0 aliphatic carbocycles. The zero-order valence-electron chi connectivity index (χ0n) is 8.30. The van der Waals surface area contributed by atoms with E-state index < -0.39 is 29.4 Å². The van der Waals surface area contributed by atoms with Crippen molar-refractivity contribution in [3.63, 3.8) is 0 Å². The predicted octanol–water partition coefficient (Wildman–Crippen LogP) is 1.49. The topological polar surface area (TPSA) is 46.2 Å². The summed E-state index contributed by atoms with van der Waals surface area (Å²) >= 11 is 0. The van der Waals surface area contributed by atoms with E-state index in [0.717, 1.165) is 12.1 Å². The number of piperidine rings is 1. The van der Waals surface area contributed by atoms with Crippen LogP contribution in [-0.4, -0.2) is 11.8 Å². The van der Waals surface area contributed by atoms with Gasteiger partial charge in [0.2, 0.25) is 11.8 Å². The molecule has 1 heterocycles. The molecule has 1 aromatic carbocycles.